The molecule has 1 heterocycles. The standard InChI is InChI=1S/C28H30O/c1-3-5-9-21-13-17-23(18-14-21)27-25-11-7-8-12-26(25)28(29-27)24-19-15-22(16-20-24)10-6-4-2/h7-8,11-20H,3-6,9-10H2,1-2H3. The number of aryl methyl sites for hydroxylation is 2. The van der Waals surface area contributed by atoms with Gasteiger partial charge in [0.2, 0.25) is 0 Å². The minimum atomic E-state index is 0.965. The summed E-state index contributed by atoms with van der Waals surface area (Å²) in [5, 5.41) is 2.36. The molecule has 1 heteroatoms. The van der Waals surface area contributed by atoms with Gasteiger partial charge in [-0.25, -0.2) is 0 Å². The lowest BCUT2D eigenvalue weighted by Crippen LogP contribution is -1.84. The Balaban J connectivity index is 1.70. The van der Waals surface area contributed by atoms with Gasteiger partial charge in [-0.3, -0.25) is 0 Å². The Morgan fingerprint density at radius 1 is 0.552 bits per heavy atom. The van der Waals surface area contributed by atoms with Crippen molar-refractivity contribution in [2.45, 2.75) is 52.4 Å². The zero-order valence-electron chi connectivity index (χ0n) is 17.6. The maximum absolute atomic E-state index is 6.48. The first-order chi connectivity index (χ1) is 14.3. The maximum Gasteiger partial charge on any atom is 0.142 e. The van der Waals surface area contributed by atoms with E-state index in [4.69, 9.17) is 4.42 Å². The van der Waals surface area contributed by atoms with Gasteiger partial charge in [-0.2, -0.15) is 0 Å². The Bertz CT molecular complexity index is 966. The minimum Gasteiger partial charge on any atom is -0.455 e. The molecule has 148 valence electrons. The van der Waals surface area contributed by atoms with Crippen LogP contribution in [0.5, 0.6) is 0 Å². The molecule has 29 heavy (non-hydrogen) atoms. The molecular weight excluding hydrogens is 352 g/mol. The van der Waals surface area contributed by atoms with E-state index in [0.29, 0.717) is 0 Å². The van der Waals surface area contributed by atoms with Gasteiger partial charge < -0.3 is 4.42 Å². The minimum absolute atomic E-state index is 0.965. The average molecular weight is 383 g/mol. The number of rotatable bonds is 8. The zero-order valence-corrected chi connectivity index (χ0v) is 17.6. The number of fused-ring (bicyclic) bond motifs is 1. The van der Waals surface area contributed by atoms with Crippen molar-refractivity contribution in [3.05, 3.63) is 83.9 Å². The summed E-state index contributed by atoms with van der Waals surface area (Å²) in [5.74, 6) is 1.93. The molecule has 0 radical (unpaired) electrons. The van der Waals surface area contributed by atoms with Crippen LogP contribution in [0.15, 0.2) is 77.2 Å². The predicted molar refractivity (Wildman–Crippen MR) is 124 cm³/mol. The molecule has 0 saturated carbocycles. The Morgan fingerprint density at radius 2 is 0.966 bits per heavy atom. The summed E-state index contributed by atoms with van der Waals surface area (Å²) >= 11 is 0. The largest absolute Gasteiger partial charge is 0.455 e. The SMILES string of the molecule is CCCCc1ccc(-c2oc(-c3ccc(CCCC)cc3)c3ccccc23)cc1. The Morgan fingerprint density at radius 3 is 1.34 bits per heavy atom. The second-order valence-corrected chi connectivity index (χ2v) is 7.91. The molecule has 3 aromatic carbocycles. The van der Waals surface area contributed by atoms with Crippen LogP contribution in [-0.2, 0) is 12.8 Å². The van der Waals surface area contributed by atoms with Gasteiger partial charge in [0.15, 0.2) is 0 Å². The van der Waals surface area contributed by atoms with Gasteiger partial charge in [-0.05, 0) is 36.8 Å². The molecule has 0 atom stereocenters. The van der Waals surface area contributed by atoms with Gasteiger partial charge in [-0.1, -0.05) is 99.5 Å². The van der Waals surface area contributed by atoms with Crippen molar-refractivity contribution in [2.75, 3.05) is 0 Å². The van der Waals surface area contributed by atoms with E-state index in [9.17, 15) is 0 Å². The molecule has 0 aliphatic heterocycles. The van der Waals surface area contributed by atoms with Crippen molar-refractivity contribution < 1.29 is 4.42 Å². The highest BCUT2D eigenvalue weighted by atomic mass is 16.3. The molecular formula is C28H30O. The summed E-state index contributed by atoms with van der Waals surface area (Å²) in [4.78, 5) is 0. The fourth-order valence-corrected chi connectivity index (χ4v) is 3.93. The van der Waals surface area contributed by atoms with E-state index in [1.807, 2.05) is 0 Å². The molecule has 0 fully saturated rings. The van der Waals surface area contributed by atoms with Gasteiger partial charge >= 0.3 is 0 Å². The van der Waals surface area contributed by atoms with E-state index in [-0.39, 0.29) is 0 Å². The summed E-state index contributed by atoms with van der Waals surface area (Å²) in [6, 6.07) is 26.3. The molecule has 4 rings (SSSR count). The van der Waals surface area contributed by atoms with Crippen molar-refractivity contribution in [2.24, 2.45) is 0 Å². The molecule has 0 unspecified atom stereocenters. The molecule has 0 spiro atoms. The fraction of sp³-hybridized carbons (Fsp3) is 0.286. The van der Waals surface area contributed by atoms with Crippen LogP contribution in [0.25, 0.3) is 33.4 Å². The number of benzene rings is 3. The van der Waals surface area contributed by atoms with Crippen LogP contribution < -0.4 is 0 Å². The lowest BCUT2D eigenvalue weighted by molar-refractivity contribution is 0.602. The quantitative estimate of drug-likeness (QED) is 0.298. The van der Waals surface area contributed by atoms with E-state index >= 15 is 0 Å². The Hall–Kier alpha value is -2.80. The third-order valence-electron chi connectivity index (χ3n) is 5.69. The molecule has 4 aromatic rings. The molecule has 1 aromatic heterocycles. The summed E-state index contributed by atoms with van der Waals surface area (Å²) in [6.45, 7) is 4.47. The number of hydrogen-bond donors (Lipinski definition) is 0. The van der Waals surface area contributed by atoms with Gasteiger partial charge in [-0.15, -0.1) is 0 Å². The van der Waals surface area contributed by atoms with E-state index < -0.39 is 0 Å². The van der Waals surface area contributed by atoms with Crippen molar-refractivity contribution in [3.8, 4) is 22.6 Å². The normalized spacial score (nSPS) is 11.2. The molecule has 0 N–H and O–H groups in total. The number of furan rings is 1. The van der Waals surface area contributed by atoms with Gasteiger partial charge in [0.05, 0.1) is 0 Å². The molecule has 0 bridgehead atoms. The second kappa shape index (κ2) is 9.13. The third-order valence-corrected chi connectivity index (χ3v) is 5.69. The second-order valence-electron chi connectivity index (χ2n) is 7.91. The number of unbranched alkanes of at least 4 members (excludes halogenated alkanes) is 2. The van der Waals surface area contributed by atoms with Crippen LogP contribution in [-0.4, -0.2) is 0 Å². The summed E-state index contributed by atoms with van der Waals surface area (Å²) in [7, 11) is 0. The Kier molecular flexibility index (Phi) is 6.14. The first-order valence-electron chi connectivity index (χ1n) is 11.0. The molecule has 1 nitrogen and oxygen atoms in total. The maximum atomic E-state index is 6.48. The molecule has 0 saturated heterocycles. The zero-order chi connectivity index (χ0) is 20.1. The van der Waals surface area contributed by atoms with Crippen molar-refractivity contribution in [1.29, 1.82) is 0 Å². The lowest BCUT2D eigenvalue weighted by Gasteiger charge is -2.03. The lowest BCUT2D eigenvalue weighted by atomic mass is 10.0. The molecule has 0 aliphatic carbocycles. The monoisotopic (exact) mass is 382 g/mol. The van der Waals surface area contributed by atoms with Crippen LogP contribution >= 0.6 is 0 Å². The van der Waals surface area contributed by atoms with E-state index in [0.717, 1.165) is 35.5 Å². The predicted octanol–water partition coefficient (Wildman–Crippen LogP) is 8.45. The van der Waals surface area contributed by atoms with Gasteiger partial charge in [0.25, 0.3) is 0 Å². The van der Waals surface area contributed by atoms with Gasteiger partial charge in [0, 0.05) is 21.9 Å². The van der Waals surface area contributed by atoms with E-state index in [1.165, 1.54) is 47.6 Å². The fourth-order valence-electron chi connectivity index (χ4n) is 3.93. The molecule has 0 aliphatic rings. The Labute approximate surface area is 174 Å². The highest BCUT2D eigenvalue weighted by Gasteiger charge is 2.16. The van der Waals surface area contributed by atoms with Crippen LogP contribution in [0.1, 0.15) is 50.7 Å². The van der Waals surface area contributed by atoms with Crippen LogP contribution in [0, 0.1) is 0 Å². The smallest absolute Gasteiger partial charge is 0.142 e. The van der Waals surface area contributed by atoms with Crippen LogP contribution in [0.2, 0.25) is 0 Å². The number of hydrogen-bond acceptors (Lipinski definition) is 1. The van der Waals surface area contributed by atoms with Crippen molar-refractivity contribution in [3.63, 3.8) is 0 Å². The van der Waals surface area contributed by atoms with Crippen LogP contribution in [0.4, 0.5) is 0 Å². The van der Waals surface area contributed by atoms with E-state index in [1.54, 1.807) is 0 Å². The summed E-state index contributed by atoms with van der Waals surface area (Å²) < 4.78 is 6.48. The van der Waals surface area contributed by atoms with Crippen molar-refractivity contribution >= 4 is 10.8 Å². The van der Waals surface area contributed by atoms with Crippen LogP contribution in [0.3, 0.4) is 0 Å². The molecule has 0 amide bonds. The summed E-state index contributed by atoms with van der Waals surface area (Å²) in [6.07, 6.45) is 7.22. The van der Waals surface area contributed by atoms with E-state index in [2.05, 4.69) is 86.6 Å². The van der Waals surface area contributed by atoms with Crippen molar-refractivity contribution in [1.82, 2.24) is 0 Å². The topological polar surface area (TPSA) is 13.1 Å². The first kappa shape index (κ1) is 19.5. The average Bonchev–Trinajstić information content (AvgIpc) is 3.17. The van der Waals surface area contributed by atoms with Gasteiger partial charge in [0.1, 0.15) is 11.5 Å². The third kappa shape index (κ3) is 4.29. The summed E-state index contributed by atoms with van der Waals surface area (Å²) in [5.41, 5.74) is 5.09. The first-order valence-corrected chi connectivity index (χ1v) is 11.0. The highest BCUT2D eigenvalue weighted by Crippen LogP contribution is 2.39. The highest BCUT2D eigenvalue weighted by molar-refractivity contribution is 6.02.